The lowest BCUT2D eigenvalue weighted by molar-refractivity contribution is 0.169. The Morgan fingerprint density at radius 2 is 1.79 bits per heavy atom. The molecule has 1 N–H and O–H groups in total. The first-order valence-corrected chi connectivity index (χ1v) is 15.0. The van der Waals surface area contributed by atoms with Crippen LogP contribution in [0.15, 0.2) is 47.8 Å². The van der Waals surface area contributed by atoms with Gasteiger partial charge in [0.2, 0.25) is 0 Å². The Kier molecular flexibility index (Phi) is 7.78. The van der Waals surface area contributed by atoms with Gasteiger partial charge in [0.25, 0.3) is 0 Å². The molecule has 3 aliphatic heterocycles. The fourth-order valence-corrected chi connectivity index (χ4v) is 6.96. The summed E-state index contributed by atoms with van der Waals surface area (Å²) in [5, 5.41) is 3.65. The van der Waals surface area contributed by atoms with Crippen molar-refractivity contribution in [1.82, 2.24) is 24.8 Å². The van der Waals surface area contributed by atoms with Crippen molar-refractivity contribution in [3.63, 3.8) is 0 Å². The highest BCUT2D eigenvalue weighted by molar-refractivity contribution is 7.80. The number of nitrogens with zero attached hydrogens (tertiary/aromatic N) is 6. The van der Waals surface area contributed by atoms with Gasteiger partial charge in [0, 0.05) is 47.4 Å². The number of hydrogen-bond acceptors (Lipinski definition) is 8. The molecular weight excluding hydrogens is 502 g/mol. The highest BCUT2D eigenvalue weighted by atomic mass is 32.1. The van der Waals surface area contributed by atoms with Gasteiger partial charge >= 0.3 is 0 Å². The number of pyridine rings is 1. The van der Waals surface area contributed by atoms with Crippen LogP contribution in [-0.2, 0) is 24.9 Å². The SMILES string of the molecule is CC1(C)CN(CCCN2CCCCC2)Cc2cc(Nc3ncnc4c3CCN(c3ncccc3S)C4)ccc21. The normalized spacial score (nSPS) is 19.4. The molecule has 0 unspecified atom stereocenters. The molecule has 0 spiro atoms. The molecule has 3 aliphatic rings. The molecule has 7 nitrogen and oxygen atoms in total. The summed E-state index contributed by atoms with van der Waals surface area (Å²) >= 11 is 4.61. The first kappa shape index (κ1) is 26.5. The average molecular weight is 544 g/mol. The third-order valence-corrected chi connectivity index (χ3v) is 8.93. The molecule has 1 fully saturated rings. The Morgan fingerprint density at radius 3 is 2.64 bits per heavy atom. The molecule has 3 aromatic rings. The molecule has 0 saturated carbocycles. The minimum absolute atomic E-state index is 0.145. The van der Waals surface area contributed by atoms with Gasteiger partial charge in [-0.25, -0.2) is 15.0 Å². The monoisotopic (exact) mass is 543 g/mol. The Morgan fingerprint density at radius 1 is 0.949 bits per heavy atom. The zero-order valence-corrected chi connectivity index (χ0v) is 24.3. The molecule has 0 aliphatic carbocycles. The van der Waals surface area contributed by atoms with Crippen LogP contribution in [0.5, 0.6) is 0 Å². The fraction of sp³-hybridized carbons (Fsp3) is 0.516. The number of thiol groups is 1. The second kappa shape index (κ2) is 11.4. The molecule has 0 atom stereocenters. The van der Waals surface area contributed by atoms with E-state index in [2.05, 4.69) is 79.6 Å². The van der Waals surface area contributed by atoms with E-state index < -0.39 is 0 Å². The molecule has 5 heterocycles. The quantitative estimate of drug-likeness (QED) is 0.385. The lowest BCUT2D eigenvalue weighted by Gasteiger charge is -2.40. The molecule has 8 heteroatoms. The lowest BCUT2D eigenvalue weighted by atomic mass is 9.78. The van der Waals surface area contributed by atoms with Gasteiger partial charge in [-0.2, -0.15) is 0 Å². The summed E-state index contributed by atoms with van der Waals surface area (Å²) in [6.07, 6.45) is 9.76. The van der Waals surface area contributed by atoms with Gasteiger partial charge in [-0.15, -0.1) is 12.6 Å². The number of anilines is 3. The molecule has 2 aromatic heterocycles. The summed E-state index contributed by atoms with van der Waals surface area (Å²) in [6.45, 7) is 13.5. The maximum atomic E-state index is 4.66. The van der Waals surface area contributed by atoms with Crippen LogP contribution in [0.1, 0.15) is 61.9 Å². The van der Waals surface area contributed by atoms with Crippen molar-refractivity contribution in [3.05, 3.63) is 65.2 Å². The molecule has 0 amide bonds. The minimum atomic E-state index is 0.145. The van der Waals surface area contributed by atoms with Crippen LogP contribution in [0.3, 0.4) is 0 Å². The van der Waals surface area contributed by atoms with E-state index in [4.69, 9.17) is 0 Å². The van der Waals surface area contributed by atoms with E-state index in [-0.39, 0.29) is 5.41 Å². The predicted molar refractivity (Wildman–Crippen MR) is 161 cm³/mol. The Labute approximate surface area is 238 Å². The molecule has 1 saturated heterocycles. The number of benzene rings is 1. The van der Waals surface area contributed by atoms with Crippen LogP contribution in [0.25, 0.3) is 0 Å². The third-order valence-electron chi connectivity index (χ3n) is 8.58. The maximum Gasteiger partial charge on any atom is 0.142 e. The van der Waals surface area contributed by atoms with Crippen molar-refractivity contribution < 1.29 is 0 Å². The van der Waals surface area contributed by atoms with Gasteiger partial charge in [0.1, 0.15) is 18.0 Å². The predicted octanol–water partition coefficient (Wildman–Crippen LogP) is 5.44. The van der Waals surface area contributed by atoms with Crippen LogP contribution < -0.4 is 10.2 Å². The van der Waals surface area contributed by atoms with E-state index in [0.29, 0.717) is 6.54 Å². The van der Waals surface area contributed by atoms with Gasteiger partial charge in [-0.1, -0.05) is 26.3 Å². The van der Waals surface area contributed by atoms with Crippen molar-refractivity contribution in [2.24, 2.45) is 0 Å². The summed E-state index contributed by atoms with van der Waals surface area (Å²) in [5.74, 6) is 1.83. The highest BCUT2D eigenvalue weighted by Crippen LogP contribution is 2.36. The first-order valence-electron chi connectivity index (χ1n) is 14.5. The van der Waals surface area contributed by atoms with Gasteiger partial charge in [-0.05, 0) is 87.3 Å². The van der Waals surface area contributed by atoms with E-state index in [1.807, 2.05) is 18.3 Å². The number of aromatic nitrogens is 3. The van der Waals surface area contributed by atoms with Crippen molar-refractivity contribution in [2.75, 3.05) is 49.5 Å². The van der Waals surface area contributed by atoms with Gasteiger partial charge < -0.3 is 15.1 Å². The largest absolute Gasteiger partial charge is 0.349 e. The van der Waals surface area contributed by atoms with Crippen LogP contribution in [0, 0.1) is 0 Å². The minimum Gasteiger partial charge on any atom is -0.349 e. The summed E-state index contributed by atoms with van der Waals surface area (Å²) in [4.78, 5) is 22.3. The number of hydrogen-bond donors (Lipinski definition) is 2. The fourth-order valence-electron chi connectivity index (χ4n) is 6.67. The van der Waals surface area contributed by atoms with E-state index in [1.165, 1.54) is 62.0 Å². The van der Waals surface area contributed by atoms with E-state index in [0.717, 1.165) is 60.5 Å². The Balaban J connectivity index is 1.15. The van der Waals surface area contributed by atoms with Crippen molar-refractivity contribution in [3.8, 4) is 0 Å². The van der Waals surface area contributed by atoms with Gasteiger partial charge in [0.15, 0.2) is 0 Å². The summed E-state index contributed by atoms with van der Waals surface area (Å²) < 4.78 is 0. The van der Waals surface area contributed by atoms with E-state index >= 15 is 0 Å². The van der Waals surface area contributed by atoms with Gasteiger partial charge in [-0.3, -0.25) is 4.90 Å². The van der Waals surface area contributed by atoms with E-state index in [1.54, 1.807) is 6.33 Å². The smallest absolute Gasteiger partial charge is 0.142 e. The van der Waals surface area contributed by atoms with Crippen LogP contribution >= 0.6 is 12.6 Å². The van der Waals surface area contributed by atoms with Crippen LogP contribution in [0.2, 0.25) is 0 Å². The molecule has 6 rings (SSSR count). The number of nitrogens with one attached hydrogen (secondary N) is 1. The molecule has 39 heavy (non-hydrogen) atoms. The Bertz CT molecular complexity index is 1300. The number of fused-ring (bicyclic) bond motifs is 2. The molecular formula is C31H41N7S. The summed E-state index contributed by atoms with van der Waals surface area (Å²) in [7, 11) is 0. The Hall–Kier alpha value is -2.68. The number of likely N-dealkylation sites (tertiary alicyclic amines) is 1. The molecule has 206 valence electrons. The lowest BCUT2D eigenvalue weighted by Crippen LogP contribution is -2.43. The topological polar surface area (TPSA) is 60.4 Å². The van der Waals surface area contributed by atoms with E-state index in [9.17, 15) is 0 Å². The molecule has 0 radical (unpaired) electrons. The average Bonchev–Trinajstić information content (AvgIpc) is 2.93. The summed E-state index contributed by atoms with van der Waals surface area (Å²) in [6, 6.07) is 10.8. The van der Waals surface area contributed by atoms with Crippen LogP contribution in [-0.4, -0.2) is 64.0 Å². The maximum absolute atomic E-state index is 4.66. The standard InChI is InChI=1S/C31H41N7S/c1-31(2)21-37(16-7-15-36-13-4-3-5-14-36)19-23-18-24(9-10-26(23)31)35-29-25-11-17-38(20-27(25)33-22-34-29)30-28(39)8-6-12-32-30/h6,8-10,12,18,22,39H,3-5,7,11,13-17,19-21H2,1-2H3,(H,33,34,35). The highest BCUT2D eigenvalue weighted by Gasteiger charge is 2.32. The second-order valence-corrected chi connectivity index (χ2v) is 12.5. The zero-order valence-electron chi connectivity index (χ0n) is 23.4. The zero-order chi connectivity index (χ0) is 26.8. The van der Waals surface area contributed by atoms with Crippen molar-refractivity contribution >= 4 is 30.0 Å². The van der Waals surface area contributed by atoms with Crippen LogP contribution in [0.4, 0.5) is 17.3 Å². The number of piperidine rings is 1. The second-order valence-electron chi connectivity index (χ2n) is 12.0. The van der Waals surface area contributed by atoms with Crippen molar-refractivity contribution in [1.29, 1.82) is 0 Å². The third kappa shape index (κ3) is 5.93. The summed E-state index contributed by atoms with van der Waals surface area (Å²) in [5.41, 5.74) is 6.40. The van der Waals surface area contributed by atoms with Crippen molar-refractivity contribution in [2.45, 2.75) is 69.4 Å². The first-order chi connectivity index (χ1) is 19.0. The van der Waals surface area contributed by atoms with Gasteiger partial charge in [0.05, 0.1) is 12.2 Å². The molecule has 0 bridgehead atoms. The number of rotatable bonds is 7. The molecule has 1 aromatic carbocycles.